The third-order valence-electron chi connectivity index (χ3n) is 4.48. The van der Waals surface area contributed by atoms with E-state index in [0.29, 0.717) is 0 Å². The van der Waals surface area contributed by atoms with Crippen LogP contribution >= 0.6 is 0 Å². The van der Waals surface area contributed by atoms with Crippen molar-refractivity contribution in [2.75, 3.05) is 0 Å². The van der Waals surface area contributed by atoms with Crippen molar-refractivity contribution in [3.63, 3.8) is 0 Å². The second-order valence-corrected chi connectivity index (χ2v) is 5.32. The van der Waals surface area contributed by atoms with Crippen LogP contribution in [0, 0.1) is 6.92 Å². The summed E-state index contributed by atoms with van der Waals surface area (Å²) in [7, 11) is 0. The van der Waals surface area contributed by atoms with Crippen LogP contribution in [0.5, 0.6) is 0 Å². The van der Waals surface area contributed by atoms with Gasteiger partial charge in [0.25, 0.3) is 0 Å². The van der Waals surface area contributed by atoms with E-state index >= 15 is 0 Å². The van der Waals surface area contributed by atoms with Crippen molar-refractivity contribution >= 4 is 0 Å². The van der Waals surface area contributed by atoms with Gasteiger partial charge in [0.15, 0.2) is 0 Å². The van der Waals surface area contributed by atoms with Crippen LogP contribution in [0.1, 0.15) is 54.2 Å². The number of benzene rings is 1. The average molecular weight is 196 g/mol. The number of hydrogen-bond acceptors (Lipinski definition) is 0. The minimum Gasteiger partial charge on any atom is -0.0691 e. The highest BCUT2D eigenvalue weighted by molar-refractivity contribution is 5.58. The molecule has 0 radical (unpaired) electrons. The van der Waals surface area contributed by atoms with Gasteiger partial charge in [-0.3, -0.25) is 0 Å². The Morgan fingerprint density at radius 2 is 1.87 bits per heavy atom. The average Bonchev–Trinajstić information content (AvgIpc) is 2.93. The smallest absolute Gasteiger partial charge is 0.00628 e. The maximum atomic E-state index is 2.37. The Morgan fingerprint density at radius 1 is 1.07 bits per heavy atom. The molecule has 0 aliphatic heterocycles. The third-order valence-corrected chi connectivity index (χ3v) is 4.48. The molecule has 3 aliphatic rings. The molecule has 0 nitrogen and oxygen atoms in total. The number of rotatable bonds is 0. The highest BCUT2D eigenvalue weighted by Gasteiger charge is 2.44. The van der Waals surface area contributed by atoms with Gasteiger partial charge in [0.05, 0.1) is 0 Å². The predicted molar refractivity (Wildman–Crippen MR) is 62.2 cm³/mol. The van der Waals surface area contributed by atoms with E-state index in [1.807, 2.05) is 5.57 Å². The molecule has 0 aromatic heterocycles. The van der Waals surface area contributed by atoms with Gasteiger partial charge in [-0.05, 0) is 49.3 Å². The van der Waals surface area contributed by atoms with Gasteiger partial charge in [0.2, 0.25) is 0 Å². The standard InChI is InChI=1S/C15H16/c1-9-3-2-4-11-12-7-8-13(14(9)11)15(12)10-5-6-10/h2-4,12-13H,5-8H2,1H3. The van der Waals surface area contributed by atoms with Crippen molar-refractivity contribution < 1.29 is 0 Å². The Morgan fingerprint density at radius 3 is 2.60 bits per heavy atom. The first kappa shape index (κ1) is 8.15. The van der Waals surface area contributed by atoms with E-state index in [4.69, 9.17) is 0 Å². The molecule has 2 fully saturated rings. The van der Waals surface area contributed by atoms with Crippen LogP contribution < -0.4 is 0 Å². The summed E-state index contributed by atoms with van der Waals surface area (Å²) in [5.74, 6) is 1.64. The summed E-state index contributed by atoms with van der Waals surface area (Å²) >= 11 is 0. The Labute approximate surface area is 91.0 Å². The predicted octanol–water partition coefficient (Wildman–Crippen LogP) is 4.06. The molecule has 1 aromatic carbocycles. The second kappa shape index (κ2) is 2.55. The monoisotopic (exact) mass is 196 g/mol. The first-order chi connectivity index (χ1) is 7.36. The molecule has 1 aromatic rings. The first-order valence-corrected chi connectivity index (χ1v) is 6.17. The molecule has 2 bridgehead atoms. The Bertz CT molecular complexity index is 473. The fourth-order valence-corrected chi connectivity index (χ4v) is 3.84. The highest BCUT2D eigenvalue weighted by Crippen LogP contribution is 2.61. The molecule has 2 unspecified atom stereocenters. The summed E-state index contributed by atoms with van der Waals surface area (Å²) in [4.78, 5) is 0. The molecule has 76 valence electrons. The molecule has 4 rings (SSSR count). The quantitative estimate of drug-likeness (QED) is 0.549. The van der Waals surface area contributed by atoms with E-state index in [1.165, 1.54) is 31.2 Å². The van der Waals surface area contributed by atoms with Gasteiger partial charge in [-0.1, -0.05) is 29.3 Å². The molecule has 0 amide bonds. The number of aryl methyl sites for hydroxylation is 1. The van der Waals surface area contributed by atoms with Gasteiger partial charge in [0, 0.05) is 11.8 Å². The van der Waals surface area contributed by atoms with Crippen molar-refractivity contribution in [2.24, 2.45) is 0 Å². The molecule has 0 N–H and O–H groups in total. The van der Waals surface area contributed by atoms with E-state index in [-0.39, 0.29) is 0 Å². The SMILES string of the molecule is Cc1cccc2c1C1CCC2C1=C1CC1. The molecular formula is C15H16. The molecule has 2 atom stereocenters. The van der Waals surface area contributed by atoms with E-state index in [2.05, 4.69) is 25.1 Å². The zero-order valence-corrected chi connectivity index (χ0v) is 9.22. The summed E-state index contributed by atoms with van der Waals surface area (Å²) in [6.07, 6.45) is 5.63. The van der Waals surface area contributed by atoms with Gasteiger partial charge in [-0.2, -0.15) is 0 Å². The van der Waals surface area contributed by atoms with Crippen LogP contribution in [0.25, 0.3) is 0 Å². The molecule has 2 saturated carbocycles. The Balaban J connectivity index is 2.00. The zero-order chi connectivity index (χ0) is 9.99. The van der Waals surface area contributed by atoms with Crippen molar-refractivity contribution in [1.29, 1.82) is 0 Å². The summed E-state index contributed by atoms with van der Waals surface area (Å²) in [6, 6.07) is 6.90. The summed E-state index contributed by atoms with van der Waals surface area (Å²) in [5.41, 5.74) is 8.54. The maximum absolute atomic E-state index is 2.37. The Kier molecular flexibility index (Phi) is 1.39. The summed E-state index contributed by atoms with van der Waals surface area (Å²) < 4.78 is 0. The first-order valence-electron chi connectivity index (χ1n) is 6.17. The summed E-state index contributed by atoms with van der Waals surface area (Å²) in [6.45, 7) is 2.29. The van der Waals surface area contributed by atoms with E-state index in [0.717, 1.165) is 11.8 Å². The third kappa shape index (κ3) is 0.928. The largest absolute Gasteiger partial charge is 0.0691 e. The Hall–Kier alpha value is -1.04. The lowest BCUT2D eigenvalue weighted by Gasteiger charge is -2.15. The fourth-order valence-electron chi connectivity index (χ4n) is 3.84. The van der Waals surface area contributed by atoms with Crippen LogP contribution in [0.4, 0.5) is 0 Å². The van der Waals surface area contributed by atoms with Crippen molar-refractivity contribution in [1.82, 2.24) is 0 Å². The molecule has 15 heavy (non-hydrogen) atoms. The van der Waals surface area contributed by atoms with E-state index < -0.39 is 0 Å². The van der Waals surface area contributed by atoms with Crippen LogP contribution in [0.3, 0.4) is 0 Å². The fraction of sp³-hybridized carbons (Fsp3) is 0.467. The van der Waals surface area contributed by atoms with Gasteiger partial charge in [0.1, 0.15) is 0 Å². The molecule has 3 aliphatic carbocycles. The van der Waals surface area contributed by atoms with Crippen LogP contribution in [0.2, 0.25) is 0 Å². The van der Waals surface area contributed by atoms with Gasteiger partial charge >= 0.3 is 0 Å². The number of fused-ring (bicyclic) bond motifs is 5. The minimum atomic E-state index is 0.822. The molecule has 0 spiro atoms. The summed E-state index contributed by atoms with van der Waals surface area (Å²) in [5, 5.41) is 0. The highest BCUT2D eigenvalue weighted by atomic mass is 14.5. The molecule has 0 saturated heterocycles. The lowest BCUT2D eigenvalue weighted by atomic mass is 9.89. The minimum absolute atomic E-state index is 0.822. The van der Waals surface area contributed by atoms with Gasteiger partial charge < -0.3 is 0 Å². The molecular weight excluding hydrogens is 180 g/mol. The maximum Gasteiger partial charge on any atom is 0.00628 e. The second-order valence-electron chi connectivity index (χ2n) is 5.32. The van der Waals surface area contributed by atoms with Crippen LogP contribution in [-0.2, 0) is 0 Å². The van der Waals surface area contributed by atoms with E-state index in [1.54, 1.807) is 16.7 Å². The normalized spacial score (nSPS) is 31.0. The van der Waals surface area contributed by atoms with Crippen molar-refractivity contribution in [3.05, 3.63) is 46.0 Å². The van der Waals surface area contributed by atoms with Gasteiger partial charge in [-0.15, -0.1) is 0 Å². The lowest BCUT2D eigenvalue weighted by Crippen LogP contribution is -1.99. The van der Waals surface area contributed by atoms with Crippen LogP contribution in [0.15, 0.2) is 29.3 Å². The zero-order valence-electron chi connectivity index (χ0n) is 9.22. The number of hydrogen-bond donors (Lipinski definition) is 0. The topological polar surface area (TPSA) is 0 Å². The molecule has 0 heteroatoms. The van der Waals surface area contributed by atoms with Crippen molar-refractivity contribution in [2.45, 2.75) is 44.4 Å². The molecule has 0 heterocycles. The van der Waals surface area contributed by atoms with Crippen LogP contribution in [-0.4, -0.2) is 0 Å². The van der Waals surface area contributed by atoms with E-state index in [9.17, 15) is 0 Å². The lowest BCUT2D eigenvalue weighted by molar-refractivity contribution is 0.713. The number of allylic oxidation sites excluding steroid dienone is 2. The van der Waals surface area contributed by atoms with Gasteiger partial charge in [-0.25, -0.2) is 0 Å². The van der Waals surface area contributed by atoms with Crippen molar-refractivity contribution in [3.8, 4) is 0 Å².